The van der Waals surface area contributed by atoms with Crippen molar-refractivity contribution >= 4 is 5.91 Å². The highest BCUT2D eigenvalue weighted by atomic mass is 16.8. The van der Waals surface area contributed by atoms with E-state index in [0.29, 0.717) is 12.8 Å². The molecule has 3 aliphatic rings. The maximum absolute atomic E-state index is 13.1. The molecule has 3 saturated heterocycles. The first-order valence-electron chi connectivity index (χ1n) is 28.9. The number of carbonyl (C=O) groups excluding carboxylic acids is 1. The largest absolute Gasteiger partial charge is 0.394 e. The Morgan fingerprint density at radius 1 is 0.457 bits per heavy atom. The number of rotatable bonds is 39. The minimum Gasteiger partial charge on any atom is -0.394 e. The molecule has 12 N–H and O–H groups in total. The number of nitrogens with one attached hydrogen (secondary N) is 1. The van der Waals surface area contributed by atoms with E-state index < -0.39 is 124 Å². The smallest absolute Gasteiger partial charge is 0.220 e. The van der Waals surface area contributed by atoms with Crippen molar-refractivity contribution in [2.75, 3.05) is 26.4 Å². The zero-order valence-corrected chi connectivity index (χ0v) is 47.4. The van der Waals surface area contributed by atoms with Crippen LogP contribution in [0.1, 0.15) is 117 Å². The Hall–Kier alpha value is -4.07. The number of hydrogen-bond donors (Lipinski definition) is 12. The van der Waals surface area contributed by atoms with E-state index in [2.05, 4.69) is 134 Å². The summed E-state index contributed by atoms with van der Waals surface area (Å²) in [6.07, 6.45) is 33.0. The van der Waals surface area contributed by atoms with Gasteiger partial charge in [0.1, 0.15) is 73.2 Å². The second-order valence-electron chi connectivity index (χ2n) is 20.0. The SMILES string of the molecule is CC/C=C\C/C=C\C/C=C\C/C=C\C/C=C\C/C=C\C/C=C\C/C=C\C/C=C\C/C=C\CCCCC(=O)NC(COC1OC(CO)C(OC2OC(CO)C(OC3OC(CO)C(O)C(O)C3O)C(O)C2O)C(O)C1O)C(O)/C=C/CCC. The van der Waals surface area contributed by atoms with Crippen LogP contribution in [0.3, 0.4) is 0 Å². The fourth-order valence-electron chi connectivity index (χ4n) is 8.69. The van der Waals surface area contributed by atoms with Crippen LogP contribution in [-0.4, -0.2) is 193 Å². The molecule has 17 atom stereocenters. The highest BCUT2D eigenvalue weighted by molar-refractivity contribution is 5.76. The fraction of sp³-hybridized carbons (Fsp3) is 0.629. The van der Waals surface area contributed by atoms with Crippen molar-refractivity contribution < 1.29 is 89.4 Å². The van der Waals surface area contributed by atoms with Gasteiger partial charge in [-0.25, -0.2) is 0 Å². The van der Waals surface area contributed by atoms with Crippen LogP contribution in [0.2, 0.25) is 0 Å². The van der Waals surface area contributed by atoms with Crippen LogP contribution in [0.4, 0.5) is 0 Å². The molecule has 3 heterocycles. The number of allylic oxidation sites excluding steroid dienone is 21. The van der Waals surface area contributed by atoms with Gasteiger partial charge in [-0.05, 0) is 89.9 Å². The first-order valence-corrected chi connectivity index (χ1v) is 28.9. The Morgan fingerprint density at radius 3 is 1.26 bits per heavy atom. The summed E-state index contributed by atoms with van der Waals surface area (Å²) in [5, 5.41) is 119. The molecule has 0 aromatic heterocycles. The van der Waals surface area contributed by atoms with Crippen LogP contribution < -0.4 is 5.32 Å². The normalized spacial score (nSPS) is 30.8. The molecular weight excluding hydrogens is 1050 g/mol. The number of amides is 1. The number of carbonyl (C=O) groups is 1. The molecule has 19 nitrogen and oxygen atoms in total. The molecule has 17 unspecified atom stereocenters. The molecule has 0 aromatic carbocycles. The molecule has 0 aromatic rings. The van der Waals surface area contributed by atoms with Gasteiger partial charge in [0.2, 0.25) is 5.91 Å². The molecule has 0 aliphatic carbocycles. The van der Waals surface area contributed by atoms with Gasteiger partial charge in [0.25, 0.3) is 0 Å². The van der Waals surface area contributed by atoms with Crippen molar-refractivity contribution in [2.45, 2.75) is 221 Å². The van der Waals surface area contributed by atoms with Crippen molar-refractivity contribution in [2.24, 2.45) is 0 Å². The molecule has 458 valence electrons. The molecule has 0 saturated carbocycles. The van der Waals surface area contributed by atoms with E-state index in [0.717, 1.165) is 83.5 Å². The summed E-state index contributed by atoms with van der Waals surface area (Å²) in [5.74, 6) is -0.339. The predicted molar refractivity (Wildman–Crippen MR) is 309 cm³/mol. The van der Waals surface area contributed by atoms with Gasteiger partial charge < -0.3 is 89.9 Å². The molecule has 0 radical (unpaired) electrons. The molecule has 0 bridgehead atoms. The van der Waals surface area contributed by atoms with E-state index in [1.54, 1.807) is 6.08 Å². The lowest BCUT2D eigenvalue weighted by molar-refractivity contribution is -0.379. The maximum Gasteiger partial charge on any atom is 0.220 e. The van der Waals surface area contributed by atoms with Gasteiger partial charge in [0.15, 0.2) is 18.9 Å². The topological polar surface area (TPSA) is 307 Å². The van der Waals surface area contributed by atoms with Crippen molar-refractivity contribution in [3.63, 3.8) is 0 Å². The molecule has 3 rings (SSSR count). The summed E-state index contributed by atoms with van der Waals surface area (Å²) in [6.45, 7) is 1.28. The van der Waals surface area contributed by atoms with E-state index in [9.17, 15) is 61.0 Å². The first kappa shape index (κ1) is 71.2. The van der Waals surface area contributed by atoms with E-state index in [4.69, 9.17) is 28.4 Å². The average Bonchev–Trinajstić information content (AvgIpc) is 3.55. The molecule has 81 heavy (non-hydrogen) atoms. The summed E-state index contributed by atoms with van der Waals surface area (Å²) in [7, 11) is 0. The number of aliphatic hydroxyl groups is 11. The zero-order chi connectivity index (χ0) is 59.0. The third kappa shape index (κ3) is 27.5. The van der Waals surface area contributed by atoms with Crippen molar-refractivity contribution in [3.05, 3.63) is 134 Å². The molecule has 1 amide bonds. The Kier molecular flexibility index (Phi) is 38.3. The summed E-state index contributed by atoms with van der Waals surface area (Å²) in [4.78, 5) is 13.1. The highest BCUT2D eigenvalue weighted by Crippen LogP contribution is 2.33. The average molecular weight is 1140 g/mol. The fourth-order valence-corrected chi connectivity index (χ4v) is 8.69. The maximum atomic E-state index is 13.1. The van der Waals surface area contributed by atoms with E-state index in [-0.39, 0.29) is 18.9 Å². The lowest BCUT2D eigenvalue weighted by Gasteiger charge is -2.48. The Morgan fingerprint density at radius 2 is 0.840 bits per heavy atom. The second-order valence-corrected chi connectivity index (χ2v) is 20.0. The van der Waals surface area contributed by atoms with Crippen LogP contribution >= 0.6 is 0 Å². The molecule has 3 fully saturated rings. The summed E-state index contributed by atoms with van der Waals surface area (Å²) in [5.41, 5.74) is 0. The quantitative estimate of drug-likeness (QED) is 0.0293. The summed E-state index contributed by atoms with van der Waals surface area (Å²) < 4.78 is 33.9. The van der Waals surface area contributed by atoms with Crippen LogP contribution in [0.25, 0.3) is 0 Å². The lowest BCUT2D eigenvalue weighted by atomic mass is 9.96. The minimum atomic E-state index is -1.99. The van der Waals surface area contributed by atoms with Gasteiger partial charge in [0, 0.05) is 6.42 Å². The van der Waals surface area contributed by atoms with Crippen molar-refractivity contribution in [3.8, 4) is 0 Å². The highest BCUT2D eigenvalue weighted by Gasteiger charge is 2.53. The third-order valence-corrected chi connectivity index (χ3v) is 13.4. The lowest BCUT2D eigenvalue weighted by Crippen LogP contribution is -2.66. The van der Waals surface area contributed by atoms with Gasteiger partial charge in [-0.3, -0.25) is 4.79 Å². The van der Waals surface area contributed by atoms with Gasteiger partial charge in [-0.1, -0.05) is 154 Å². The summed E-state index contributed by atoms with van der Waals surface area (Å²) >= 11 is 0. The predicted octanol–water partition coefficient (Wildman–Crippen LogP) is 4.70. The van der Waals surface area contributed by atoms with Crippen LogP contribution in [0.15, 0.2) is 134 Å². The van der Waals surface area contributed by atoms with Gasteiger partial charge >= 0.3 is 0 Å². The summed E-state index contributed by atoms with van der Waals surface area (Å²) in [6, 6.07) is -1.00. The van der Waals surface area contributed by atoms with Gasteiger partial charge in [-0.2, -0.15) is 0 Å². The molecular formula is C62H97NO18. The van der Waals surface area contributed by atoms with Crippen molar-refractivity contribution in [1.29, 1.82) is 0 Å². The first-order chi connectivity index (χ1) is 39.3. The van der Waals surface area contributed by atoms with Gasteiger partial charge in [0.05, 0.1) is 38.6 Å². The van der Waals surface area contributed by atoms with Crippen LogP contribution in [-0.2, 0) is 33.2 Å². The Bertz CT molecular complexity index is 1990. The zero-order valence-electron chi connectivity index (χ0n) is 47.4. The van der Waals surface area contributed by atoms with Crippen molar-refractivity contribution in [1.82, 2.24) is 5.32 Å². The van der Waals surface area contributed by atoms with Crippen LogP contribution in [0.5, 0.6) is 0 Å². The Balaban J connectivity index is 1.34. The second kappa shape index (κ2) is 43.6. The van der Waals surface area contributed by atoms with E-state index in [1.807, 2.05) is 6.92 Å². The standard InChI is InChI=1S/C62H97NO18/c1-3-5-7-8-9-10-11-12-13-14-15-16-17-18-19-20-21-22-23-24-25-26-27-28-29-30-31-32-33-34-35-36-38-40-50(68)63-45(46(67)39-37-6-4-2)44-76-60-56(74)53(71)58(48(42-65)78-60)81-62-57(75)54(72)59(49(43-66)79-62)80-61-55(73)52(70)51(69)47(41-64)77-61/h5,7,9-10,12-13,15-16,18-19,21-22,24-25,27-28,30-31,33-34,37,39,45-49,51-62,64-67,69-75H,3-4,6,8,11,14,17,20,23,26,29,32,35-36,38,40-44H2,1-2H3,(H,63,68)/b7-5-,10-9-,13-12-,16-15-,19-18-,22-21-,25-24-,28-27-,31-30-,34-33-,39-37+. The van der Waals surface area contributed by atoms with Crippen LogP contribution in [0, 0.1) is 0 Å². The Labute approximate surface area is 480 Å². The molecule has 3 aliphatic heterocycles. The number of hydrogen-bond acceptors (Lipinski definition) is 18. The monoisotopic (exact) mass is 1140 g/mol. The third-order valence-electron chi connectivity index (χ3n) is 13.4. The molecule has 0 spiro atoms. The number of ether oxygens (including phenoxy) is 6. The van der Waals surface area contributed by atoms with E-state index >= 15 is 0 Å². The molecule has 19 heteroatoms. The minimum absolute atomic E-state index is 0.175. The number of aliphatic hydroxyl groups excluding tert-OH is 11. The van der Waals surface area contributed by atoms with Gasteiger partial charge in [-0.15, -0.1) is 0 Å². The number of unbranched alkanes of at least 4 members (excludes halogenated alkanes) is 3. The van der Waals surface area contributed by atoms with E-state index in [1.165, 1.54) is 6.08 Å².